The van der Waals surface area contributed by atoms with Gasteiger partial charge in [0, 0.05) is 47.9 Å². The number of carbonyl (C=O) groups excluding carboxylic acids is 1. The van der Waals surface area contributed by atoms with Gasteiger partial charge in [0.1, 0.15) is 17.5 Å². The van der Waals surface area contributed by atoms with E-state index in [1.165, 1.54) is 12.3 Å². The van der Waals surface area contributed by atoms with Crippen molar-refractivity contribution in [3.05, 3.63) is 95.9 Å². The summed E-state index contributed by atoms with van der Waals surface area (Å²) in [5.74, 6) is -1.40. The van der Waals surface area contributed by atoms with Crippen LogP contribution >= 0.6 is 0 Å². The highest BCUT2D eigenvalue weighted by Crippen LogP contribution is 2.33. The number of pyridine rings is 1. The molecule has 1 fully saturated rings. The Morgan fingerprint density at radius 3 is 2.61 bits per heavy atom. The van der Waals surface area contributed by atoms with Crippen LogP contribution in [0, 0.1) is 11.6 Å². The maximum Gasteiger partial charge on any atom is 0.246 e. The van der Waals surface area contributed by atoms with Crippen molar-refractivity contribution in [1.29, 1.82) is 0 Å². The molecule has 1 amide bonds. The van der Waals surface area contributed by atoms with E-state index in [0.29, 0.717) is 30.2 Å². The maximum atomic E-state index is 15.4. The molecule has 1 aliphatic rings. The van der Waals surface area contributed by atoms with E-state index >= 15 is 8.78 Å². The Hall–Kier alpha value is -4.40. The molecular weight excluding hydrogens is 462 g/mol. The van der Waals surface area contributed by atoms with E-state index in [4.69, 9.17) is 5.10 Å². The zero-order valence-electron chi connectivity index (χ0n) is 19.5. The number of aromatic nitrogens is 4. The van der Waals surface area contributed by atoms with E-state index in [1.54, 1.807) is 40.7 Å². The Morgan fingerprint density at radius 2 is 1.81 bits per heavy atom. The largest absolute Gasteiger partial charge is 0.344 e. The quantitative estimate of drug-likeness (QED) is 0.374. The molecule has 0 bridgehead atoms. The molecule has 5 aromatic rings. The minimum Gasteiger partial charge on any atom is -0.344 e. The Labute approximate surface area is 205 Å². The lowest BCUT2D eigenvalue weighted by Gasteiger charge is -2.34. The Morgan fingerprint density at radius 1 is 0.972 bits per heavy atom. The highest BCUT2D eigenvalue weighted by molar-refractivity contribution is 5.97. The van der Waals surface area contributed by atoms with Gasteiger partial charge in [-0.25, -0.2) is 18.3 Å². The number of piperazine rings is 1. The van der Waals surface area contributed by atoms with Gasteiger partial charge in [-0.05, 0) is 36.4 Å². The minimum atomic E-state index is -0.667. The van der Waals surface area contributed by atoms with Gasteiger partial charge in [0.05, 0.1) is 24.0 Å². The fourth-order valence-corrected chi connectivity index (χ4v) is 4.81. The summed E-state index contributed by atoms with van der Waals surface area (Å²) in [7, 11) is 0. The number of imidazole rings is 1. The van der Waals surface area contributed by atoms with Gasteiger partial charge in [0.15, 0.2) is 5.65 Å². The molecule has 0 saturated carbocycles. The van der Waals surface area contributed by atoms with Crippen LogP contribution in [-0.2, 0) is 4.79 Å². The molecule has 1 saturated heterocycles. The second kappa shape index (κ2) is 8.67. The summed E-state index contributed by atoms with van der Waals surface area (Å²) >= 11 is 0. The van der Waals surface area contributed by atoms with Gasteiger partial charge >= 0.3 is 0 Å². The molecule has 0 N–H and O–H groups in total. The van der Waals surface area contributed by atoms with Crippen LogP contribution in [-0.4, -0.2) is 45.1 Å². The molecule has 1 unspecified atom stereocenters. The molecular formula is C27H22F2N6O. The average molecular weight is 485 g/mol. The van der Waals surface area contributed by atoms with Crippen molar-refractivity contribution in [2.75, 3.05) is 29.4 Å². The lowest BCUT2D eigenvalue weighted by atomic mass is 9.95. The van der Waals surface area contributed by atoms with Crippen molar-refractivity contribution in [1.82, 2.24) is 19.6 Å². The third-order valence-corrected chi connectivity index (χ3v) is 6.70. The number of para-hydroxylation sites is 1. The summed E-state index contributed by atoms with van der Waals surface area (Å²) in [6.07, 6.45) is 3.09. The van der Waals surface area contributed by atoms with Crippen molar-refractivity contribution in [3.8, 4) is 0 Å². The monoisotopic (exact) mass is 484 g/mol. The number of halogens is 2. The molecule has 1 atom stereocenters. The first-order chi connectivity index (χ1) is 17.5. The highest BCUT2D eigenvalue weighted by Gasteiger charge is 2.27. The molecule has 36 heavy (non-hydrogen) atoms. The van der Waals surface area contributed by atoms with Crippen molar-refractivity contribution < 1.29 is 13.6 Å². The molecule has 2 aromatic carbocycles. The number of hydrogen-bond acceptors (Lipinski definition) is 5. The lowest BCUT2D eigenvalue weighted by Crippen LogP contribution is -2.51. The van der Waals surface area contributed by atoms with Crippen molar-refractivity contribution >= 4 is 34.0 Å². The summed E-state index contributed by atoms with van der Waals surface area (Å²) < 4.78 is 32.0. The summed E-state index contributed by atoms with van der Waals surface area (Å²) in [6.45, 7) is 3.02. The Kier molecular flexibility index (Phi) is 5.32. The number of carbonyl (C=O) groups is 1. The van der Waals surface area contributed by atoms with E-state index < -0.39 is 17.6 Å². The number of nitrogens with zero attached hydrogens (tertiary/aromatic N) is 6. The fraction of sp³-hybridized carbons (Fsp3) is 0.185. The van der Waals surface area contributed by atoms with Gasteiger partial charge in [0.2, 0.25) is 5.91 Å². The average Bonchev–Trinajstić information content (AvgIpc) is 3.32. The van der Waals surface area contributed by atoms with Gasteiger partial charge < -0.3 is 9.80 Å². The van der Waals surface area contributed by atoms with Gasteiger partial charge in [-0.1, -0.05) is 25.1 Å². The number of anilines is 2. The molecule has 0 spiro atoms. The van der Waals surface area contributed by atoms with E-state index in [0.717, 1.165) is 5.69 Å². The second-order valence-electron chi connectivity index (χ2n) is 8.82. The zero-order valence-corrected chi connectivity index (χ0v) is 19.5. The first-order valence-electron chi connectivity index (χ1n) is 11.7. The predicted octanol–water partition coefficient (Wildman–Crippen LogP) is 4.56. The normalized spacial score (nSPS) is 15.1. The first-order valence-corrected chi connectivity index (χ1v) is 11.7. The fourth-order valence-electron chi connectivity index (χ4n) is 4.81. The molecule has 4 heterocycles. The maximum absolute atomic E-state index is 15.4. The van der Waals surface area contributed by atoms with Crippen LogP contribution in [0.3, 0.4) is 0 Å². The molecule has 1 aliphatic heterocycles. The van der Waals surface area contributed by atoms with Crippen LogP contribution in [0.1, 0.15) is 24.1 Å². The predicted molar refractivity (Wildman–Crippen MR) is 133 cm³/mol. The molecule has 6 rings (SSSR count). The topological polar surface area (TPSA) is 66.6 Å². The van der Waals surface area contributed by atoms with E-state index in [2.05, 4.69) is 9.97 Å². The number of hydrogen-bond donors (Lipinski definition) is 0. The van der Waals surface area contributed by atoms with Crippen LogP contribution in [0.2, 0.25) is 0 Å². The third-order valence-electron chi connectivity index (χ3n) is 6.70. The Balaban J connectivity index is 1.33. The summed E-state index contributed by atoms with van der Waals surface area (Å²) in [4.78, 5) is 25.0. The van der Waals surface area contributed by atoms with Gasteiger partial charge in [-0.2, -0.15) is 0 Å². The SMILES string of the molecule is CC(c1c(F)cc2ncccc2c1F)c1cnc2ccc(N3CCN(c4ccccc4)C(=O)C3)nn12. The number of benzene rings is 2. The number of rotatable bonds is 4. The van der Waals surface area contributed by atoms with Crippen molar-refractivity contribution in [2.24, 2.45) is 0 Å². The molecule has 3 aromatic heterocycles. The highest BCUT2D eigenvalue weighted by atomic mass is 19.1. The van der Waals surface area contributed by atoms with Crippen LogP contribution < -0.4 is 9.80 Å². The summed E-state index contributed by atoms with van der Waals surface area (Å²) in [6, 6.07) is 17.6. The summed E-state index contributed by atoms with van der Waals surface area (Å²) in [5.41, 5.74) is 2.17. The van der Waals surface area contributed by atoms with Gasteiger partial charge in [-0.3, -0.25) is 9.78 Å². The van der Waals surface area contributed by atoms with Crippen molar-refractivity contribution in [2.45, 2.75) is 12.8 Å². The molecule has 0 aliphatic carbocycles. The van der Waals surface area contributed by atoms with E-state index in [1.807, 2.05) is 41.3 Å². The van der Waals surface area contributed by atoms with Crippen molar-refractivity contribution in [3.63, 3.8) is 0 Å². The Bertz CT molecular complexity index is 1600. The van der Waals surface area contributed by atoms with Gasteiger partial charge in [-0.15, -0.1) is 5.10 Å². The second-order valence-corrected chi connectivity index (χ2v) is 8.82. The van der Waals surface area contributed by atoms with E-state index in [-0.39, 0.29) is 28.9 Å². The molecule has 180 valence electrons. The van der Waals surface area contributed by atoms with E-state index in [9.17, 15) is 4.79 Å². The first kappa shape index (κ1) is 22.1. The minimum absolute atomic E-state index is 0.0255. The zero-order chi connectivity index (χ0) is 24.8. The number of amides is 1. The molecule has 9 heteroatoms. The van der Waals surface area contributed by atoms with Crippen LogP contribution in [0.15, 0.2) is 73.1 Å². The van der Waals surface area contributed by atoms with Crippen LogP contribution in [0.4, 0.5) is 20.3 Å². The van der Waals surface area contributed by atoms with Gasteiger partial charge in [0.25, 0.3) is 0 Å². The standard InChI is InChI=1S/C27H22F2N6O/c1-17(26-20(28)14-21-19(27(26)29)8-5-11-30-21)22-15-31-23-9-10-24(32-35(22)23)33-12-13-34(25(36)16-33)18-6-3-2-4-7-18/h2-11,14-15,17H,12-13,16H2,1H3. The smallest absolute Gasteiger partial charge is 0.246 e. The summed E-state index contributed by atoms with van der Waals surface area (Å²) in [5, 5.41) is 4.97. The molecule has 7 nitrogen and oxygen atoms in total. The number of fused-ring (bicyclic) bond motifs is 2. The van der Waals surface area contributed by atoms with Crippen LogP contribution in [0.25, 0.3) is 16.6 Å². The lowest BCUT2D eigenvalue weighted by molar-refractivity contribution is -0.117. The third kappa shape index (κ3) is 3.64. The van der Waals surface area contributed by atoms with Crippen LogP contribution in [0.5, 0.6) is 0 Å². The molecule has 0 radical (unpaired) electrons.